The molecule has 0 atom stereocenters. The molecular weight excluding hydrogens is 870 g/mol. The molecule has 0 spiro atoms. The van der Waals surface area contributed by atoms with E-state index in [9.17, 15) is 41.5 Å². The molecule has 0 radical (unpaired) electrons. The molecule has 4 heterocycles. The minimum atomic E-state index is -1.34. The van der Waals surface area contributed by atoms with Crippen molar-refractivity contribution in [3.8, 4) is 0 Å². The van der Waals surface area contributed by atoms with E-state index in [-0.39, 0.29) is 49.2 Å². The van der Waals surface area contributed by atoms with Gasteiger partial charge in [-0.05, 0) is 60.7 Å². The topological polar surface area (TPSA) is 191 Å². The number of nitrogens with two attached hydrogens (primary N) is 3. The van der Waals surface area contributed by atoms with Gasteiger partial charge in [0.15, 0.2) is 3.23 Å². The molecule has 4 aromatic carbocycles. The number of anilines is 2. The predicted octanol–water partition coefficient (Wildman–Crippen LogP) is 5.37. The van der Waals surface area contributed by atoms with Crippen LogP contribution in [0.3, 0.4) is 0 Å². The number of carbonyl (C=O) groups is 5. The maximum absolute atomic E-state index is 13.7. The number of hydrogen-bond acceptors (Lipinski definition) is 5. The molecule has 7 N–H and O–H groups in total. The maximum Gasteiger partial charge on any atom is 0.260 e. The van der Waals surface area contributed by atoms with E-state index in [1.807, 2.05) is 6.07 Å². The van der Waals surface area contributed by atoms with Gasteiger partial charge < -0.3 is 36.6 Å². The van der Waals surface area contributed by atoms with Crippen molar-refractivity contribution in [2.24, 2.45) is 17.2 Å². The summed E-state index contributed by atoms with van der Waals surface area (Å²) in [6, 6.07) is 21.8. The molecule has 6 aromatic rings. The zero-order valence-electron chi connectivity index (χ0n) is 28.9. The number of nitrogens with zero attached hydrogens (tertiary/aromatic N) is 3. The van der Waals surface area contributed by atoms with E-state index in [2.05, 4.69) is 36.8 Å². The van der Waals surface area contributed by atoms with Crippen molar-refractivity contribution in [3.63, 3.8) is 0 Å². The summed E-state index contributed by atoms with van der Waals surface area (Å²) in [4.78, 5) is 61.1. The molecule has 18 heteroatoms. The van der Waals surface area contributed by atoms with Gasteiger partial charge in [-0.25, -0.2) is 17.6 Å². The standard InChI is InChI=1S/C10H7Br2FN2O2.C10H9FN2O2.C10H9FN2O.C8H6FN/c11-10(12)8-5(13)2-1-3-6(8)15(9(10)17)4-7(14)16;11-7-2-1-3-8-6(7)4-10(15)13(8)5-9(12)14;11-8-2-1-3-9-7(8)4-5-13(9)6-10(12)14;9-7-2-1-3-8-6(7)4-5-10-8/h1-3H,4H2,(H2,14,16);1-3H,4-5H2,(H2,12,14);1-5H,6H2,(H2,12,14);1-5,10H. The Morgan fingerprint density at radius 1 is 0.661 bits per heavy atom. The van der Waals surface area contributed by atoms with E-state index in [4.69, 9.17) is 17.2 Å². The lowest BCUT2D eigenvalue weighted by Gasteiger charge is -2.16. The molecule has 2 aliphatic rings. The van der Waals surface area contributed by atoms with Crippen LogP contribution in [-0.2, 0) is 40.2 Å². The summed E-state index contributed by atoms with van der Waals surface area (Å²) >= 11 is 6.24. The number of aromatic amines is 1. The van der Waals surface area contributed by atoms with Crippen molar-refractivity contribution < 1.29 is 41.5 Å². The Bertz CT molecular complexity index is 2490. The monoisotopic (exact) mass is 899 g/mol. The minimum absolute atomic E-state index is 0.00468. The minimum Gasteiger partial charge on any atom is -0.368 e. The van der Waals surface area contributed by atoms with Crippen molar-refractivity contribution in [2.45, 2.75) is 16.2 Å². The second kappa shape index (κ2) is 17.2. The highest BCUT2D eigenvalue weighted by atomic mass is 79.9. The number of fused-ring (bicyclic) bond motifs is 4. The number of nitrogens with one attached hydrogen (secondary N) is 1. The quantitative estimate of drug-likeness (QED) is 0.129. The van der Waals surface area contributed by atoms with Crippen LogP contribution in [0.5, 0.6) is 0 Å². The molecule has 2 aromatic heterocycles. The highest BCUT2D eigenvalue weighted by molar-refractivity contribution is 9.25. The third-order valence-electron chi connectivity index (χ3n) is 8.38. The summed E-state index contributed by atoms with van der Waals surface area (Å²) in [7, 11) is 0. The molecule has 290 valence electrons. The molecule has 5 amide bonds. The number of halogens is 6. The van der Waals surface area contributed by atoms with Crippen molar-refractivity contribution >= 4 is 94.6 Å². The summed E-state index contributed by atoms with van der Waals surface area (Å²) in [5.41, 5.74) is 17.9. The van der Waals surface area contributed by atoms with E-state index in [0.717, 1.165) is 10.4 Å². The average Bonchev–Trinajstić information content (AvgIpc) is 3.89. The Kier molecular flexibility index (Phi) is 12.6. The molecule has 12 nitrogen and oxygen atoms in total. The SMILES string of the molecule is Fc1cccc2[nH]ccc12.NC(=O)CN1C(=O)C(Br)(Br)c2c(F)cccc21.NC(=O)CN1C(=O)Cc2c(F)cccc21.NC(=O)Cn1ccc2c(F)cccc21. The number of primary amides is 3. The molecular formula is C38H31Br2F4N7O5. The van der Waals surface area contributed by atoms with Crippen molar-refractivity contribution in [1.82, 2.24) is 9.55 Å². The fourth-order valence-electron chi connectivity index (χ4n) is 5.97. The summed E-state index contributed by atoms with van der Waals surface area (Å²) < 4.78 is 53.3. The fraction of sp³-hybridized carbons (Fsp3) is 0.132. The van der Waals surface area contributed by atoms with Crippen LogP contribution < -0.4 is 27.0 Å². The number of carbonyl (C=O) groups excluding carboxylic acids is 5. The van der Waals surface area contributed by atoms with Crippen molar-refractivity contribution in [1.29, 1.82) is 0 Å². The summed E-state index contributed by atoms with van der Waals surface area (Å²) in [5, 5.41) is 1.16. The van der Waals surface area contributed by atoms with Gasteiger partial charge in [0.1, 0.15) is 42.9 Å². The number of rotatable bonds is 6. The number of benzene rings is 4. The van der Waals surface area contributed by atoms with Gasteiger partial charge >= 0.3 is 0 Å². The summed E-state index contributed by atoms with van der Waals surface area (Å²) in [5.74, 6) is -3.89. The number of alkyl halides is 2. The van der Waals surface area contributed by atoms with Crippen LogP contribution in [0.2, 0.25) is 0 Å². The van der Waals surface area contributed by atoms with Gasteiger partial charge in [0.25, 0.3) is 5.91 Å². The Morgan fingerprint density at radius 3 is 1.86 bits per heavy atom. The Labute approximate surface area is 332 Å². The smallest absolute Gasteiger partial charge is 0.260 e. The van der Waals surface area contributed by atoms with E-state index in [1.165, 1.54) is 41.3 Å². The van der Waals surface area contributed by atoms with E-state index < -0.39 is 38.5 Å². The Balaban J connectivity index is 0.000000145. The lowest BCUT2D eigenvalue weighted by atomic mass is 10.1. The van der Waals surface area contributed by atoms with Gasteiger partial charge in [-0.3, -0.25) is 24.0 Å². The molecule has 56 heavy (non-hydrogen) atoms. The molecule has 0 fully saturated rings. The van der Waals surface area contributed by atoms with E-state index >= 15 is 0 Å². The highest BCUT2D eigenvalue weighted by Crippen LogP contribution is 2.51. The fourth-order valence-corrected chi connectivity index (χ4v) is 7.18. The second-order valence-electron chi connectivity index (χ2n) is 12.2. The first-order valence-electron chi connectivity index (χ1n) is 16.4. The lowest BCUT2D eigenvalue weighted by Crippen LogP contribution is -2.39. The summed E-state index contributed by atoms with van der Waals surface area (Å²) in [6.45, 7) is -0.406. The van der Waals surface area contributed by atoms with Crippen LogP contribution in [0.1, 0.15) is 11.1 Å². The second-order valence-corrected chi connectivity index (χ2v) is 15.6. The number of hydrogen-bond donors (Lipinski definition) is 4. The van der Waals surface area contributed by atoms with Crippen LogP contribution in [0.4, 0.5) is 28.9 Å². The van der Waals surface area contributed by atoms with Crippen LogP contribution in [0.15, 0.2) is 97.3 Å². The van der Waals surface area contributed by atoms with Gasteiger partial charge in [0, 0.05) is 39.8 Å². The number of H-pyrrole nitrogens is 1. The van der Waals surface area contributed by atoms with Crippen LogP contribution in [0.25, 0.3) is 21.8 Å². The Morgan fingerprint density at radius 2 is 1.21 bits per heavy atom. The van der Waals surface area contributed by atoms with Crippen LogP contribution in [-0.4, -0.2) is 52.2 Å². The maximum atomic E-state index is 13.7. The van der Waals surface area contributed by atoms with Gasteiger partial charge in [-0.1, -0.05) is 56.1 Å². The van der Waals surface area contributed by atoms with Crippen molar-refractivity contribution in [3.05, 3.63) is 132 Å². The van der Waals surface area contributed by atoms with E-state index in [0.29, 0.717) is 33.2 Å². The first-order valence-corrected chi connectivity index (χ1v) is 18.0. The van der Waals surface area contributed by atoms with Crippen LogP contribution >= 0.6 is 31.9 Å². The van der Waals surface area contributed by atoms with Crippen molar-refractivity contribution in [2.75, 3.05) is 22.9 Å². The first kappa shape index (κ1) is 41.2. The van der Waals surface area contributed by atoms with Crippen LogP contribution in [0, 0.1) is 23.3 Å². The molecule has 0 saturated carbocycles. The highest BCUT2D eigenvalue weighted by Gasteiger charge is 2.49. The third-order valence-corrected chi connectivity index (χ3v) is 9.85. The molecule has 0 bridgehead atoms. The zero-order chi connectivity index (χ0) is 40.9. The third kappa shape index (κ3) is 8.92. The van der Waals surface area contributed by atoms with Gasteiger partial charge in [0.2, 0.25) is 23.6 Å². The molecule has 0 saturated heterocycles. The van der Waals surface area contributed by atoms with E-state index in [1.54, 1.807) is 59.4 Å². The normalized spacial score (nSPS) is 13.5. The van der Waals surface area contributed by atoms with Gasteiger partial charge in [0.05, 0.1) is 23.3 Å². The first-order chi connectivity index (χ1) is 26.5. The Hall–Kier alpha value is -6.01. The van der Waals surface area contributed by atoms with Gasteiger partial charge in [-0.15, -0.1) is 0 Å². The average molecular weight is 902 g/mol. The summed E-state index contributed by atoms with van der Waals surface area (Å²) in [6.07, 6.45) is 3.38. The molecule has 0 aliphatic carbocycles. The number of aromatic nitrogens is 2. The largest absolute Gasteiger partial charge is 0.368 e. The van der Waals surface area contributed by atoms with Gasteiger partial charge in [-0.2, -0.15) is 0 Å². The zero-order valence-corrected chi connectivity index (χ0v) is 32.1. The predicted molar refractivity (Wildman–Crippen MR) is 208 cm³/mol. The molecule has 2 aliphatic heterocycles. The lowest BCUT2D eigenvalue weighted by molar-refractivity contribution is -0.121. The molecule has 0 unspecified atom stereocenters. The molecule has 8 rings (SSSR count). The number of amides is 5.